The molecule has 0 saturated carbocycles. The Kier molecular flexibility index (Phi) is 6.68. The highest BCUT2D eigenvalue weighted by Crippen LogP contribution is 2.30. The molecular weight excluding hydrogens is 244 g/mol. The molecule has 0 aliphatic heterocycles. The van der Waals surface area contributed by atoms with Crippen molar-refractivity contribution in [3.8, 4) is 0 Å². The van der Waals surface area contributed by atoms with E-state index in [1.165, 1.54) is 21.6 Å². The molecule has 0 bridgehead atoms. The molecule has 16 heavy (non-hydrogen) atoms. The molecule has 0 spiro atoms. The molecule has 0 heterocycles. The average molecular weight is 270 g/mol. The van der Waals surface area contributed by atoms with Crippen LogP contribution >= 0.6 is 21.6 Å². The van der Waals surface area contributed by atoms with Crippen LogP contribution in [-0.2, 0) is 0 Å². The normalized spacial score (nSPS) is 17.2. The molecule has 0 aliphatic carbocycles. The first-order chi connectivity index (χ1) is 6.99. The van der Waals surface area contributed by atoms with Gasteiger partial charge in [0.25, 0.3) is 0 Å². The third-order valence-electron chi connectivity index (χ3n) is 1.69. The van der Waals surface area contributed by atoms with Gasteiger partial charge < -0.3 is 19.2 Å². The maximum Gasteiger partial charge on any atom is 0.158 e. The second kappa shape index (κ2) is 6.47. The SMILES string of the molecule is C[N+](C)(C)CC(O)SSC(O)C[N+](C)(C)C. The van der Waals surface area contributed by atoms with Crippen LogP contribution in [0.25, 0.3) is 0 Å². The van der Waals surface area contributed by atoms with E-state index in [0.717, 1.165) is 8.97 Å². The zero-order valence-electron chi connectivity index (χ0n) is 11.2. The molecule has 0 aromatic rings. The quantitative estimate of drug-likeness (QED) is 0.400. The molecule has 4 nitrogen and oxygen atoms in total. The maximum absolute atomic E-state index is 9.74. The van der Waals surface area contributed by atoms with Crippen LogP contribution in [0, 0.1) is 0 Å². The van der Waals surface area contributed by atoms with Gasteiger partial charge in [-0.05, 0) is 0 Å². The molecule has 0 fully saturated rings. The van der Waals surface area contributed by atoms with Gasteiger partial charge in [0.15, 0.2) is 10.9 Å². The van der Waals surface area contributed by atoms with Crippen molar-refractivity contribution in [1.29, 1.82) is 0 Å². The van der Waals surface area contributed by atoms with Crippen LogP contribution in [0.2, 0.25) is 0 Å². The number of hydrogen-bond acceptors (Lipinski definition) is 4. The number of hydrogen-bond donors (Lipinski definition) is 2. The van der Waals surface area contributed by atoms with Crippen molar-refractivity contribution in [2.24, 2.45) is 0 Å². The van der Waals surface area contributed by atoms with E-state index in [1.807, 2.05) is 42.3 Å². The van der Waals surface area contributed by atoms with Crippen LogP contribution < -0.4 is 0 Å². The fourth-order valence-corrected chi connectivity index (χ4v) is 3.53. The Hall–Kier alpha value is 0.540. The lowest BCUT2D eigenvalue weighted by Gasteiger charge is -2.28. The Bertz CT molecular complexity index is 180. The standard InChI is InChI=1S/C10H26N2O2S2/c1-11(2,3)7-9(13)15-16-10(14)8-12(4,5)6/h9-10,13-14H,7-8H2,1-6H3/q+2. The van der Waals surface area contributed by atoms with Gasteiger partial charge in [0.1, 0.15) is 13.1 Å². The molecule has 0 aromatic heterocycles. The van der Waals surface area contributed by atoms with Crippen LogP contribution in [0.4, 0.5) is 0 Å². The highest BCUT2D eigenvalue weighted by molar-refractivity contribution is 8.77. The van der Waals surface area contributed by atoms with Gasteiger partial charge >= 0.3 is 0 Å². The lowest BCUT2D eigenvalue weighted by molar-refractivity contribution is -0.871. The Balaban J connectivity index is 3.80. The number of likely N-dealkylation sites (N-methyl/N-ethyl adjacent to an activating group) is 2. The van der Waals surface area contributed by atoms with E-state index in [0.29, 0.717) is 13.1 Å². The van der Waals surface area contributed by atoms with Crippen LogP contribution in [0.5, 0.6) is 0 Å². The summed E-state index contributed by atoms with van der Waals surface area (Å²) >= 11 is 0. The highest BCUT2D eigenvalue weighted by atomic mass is 33.1. The first-order valence-corrected chi connectivity index (χ1v) is 7.56. The molecule has 2 N–H and O–H groups in total. The van der Waals surface area contributed by atoms with Crippen LogP contribution in [0.15, 0.2) is 0 Å². The van der Waals surface area contributed by atoms with E-state index in [2.05, 4.69) is 0 Å². The number of aliphatic hydroxyl groups excluding tert-OH is 2. The van der Waals surface area contributed by atoms with Crippen molar-refractivity contribution >= 4 is 21.6 Å². The zero-order valence-corrected chi connectivity index (χ0v) is 12.8. The van der Waals surface area contributed by atoms with Crippen molar-refractivity contribution in [2.75, 3.05) is 55.4 Å². The van der Waals surface area contributed by atoms with E-state index < -0.39 is 10.9 Å². The second-order valence-corrected chi connectivity index (χ2v) is 8.68. The summed E-state index contributed by atoms with van der Waals surface area (Å²) < 4.78 is 1.44. The largest absolute Gasteiger partial charge is 0.376 e. The van der Waals surface area contributed by atoms with Gasteiger partial charge in [-0.1, -0.05) is 21.6 Å². The van der Waals surface area contributed by atoms with E-state index in [-0.39, 0.29) is 0 Å². The van der Waals surface area contributed by atoms with E-state index in [1.54, 1.807) is 0 Å². The highest BCUT2D eigenvalue weighted by Gasteiger charge is 2.21. The van der Waals surface area contributed by atoms with Gasteiger partial charge in [0, 0.05) is 0 Å². The summed E-state index contributed by atoms with van der Waals surface area (Å²) in [5.74, 6) is 0. The van der Waals surface area contributed by atoms with E-state index in [9.17, 15) is 10.2 Å². The summed E-state index contributed by atoms with van der Waals surface area (Å²) in [6.45, 7) is 1.35. The molecule has 0 radical (unpaired) electrons. The van der Waals surface area contributed by atoms with Crippen LogP contribution in [0.3, 0.4) is 0 Å². The monoisotopic (exact) mass is 270 g/mol. The van der Waals surface area contributed by atoms with Gasteiger partial charge in [0.2, 0.25) is 0 Å². The molecular formula is C10H26N2O2S2+2. The first kappa shape index (κ1) is 16.5. The average Bonchev–Trinajstić information content (AvgIpc) is 1.94. The minimum absolute atomic E-state index is 0.438. The fraction of sp³-hybridized carbons (Fsp3) is 1.00. The van der Waals surface area contributed by atoms with Crippen molar-refractivity contribution in [3.05, 3.63) is 0 Å². The molecule has 2 unspecified atom stereocenters. The molecule has 6 heteroatoms. The van der Waals surface area contributed by atoms with Gasteiger partial charge in [-0.3, -0.25) is 0 Å². The Morgan fingerprint density at radius 1 is 0.750 bits per heavy atom. The molecule has 2 atom stereocenters. The molecule has 98 valence electrons. The minimum Gasteiger partial charge on any atom is -0.376 e. The summed E-state index contributed by atoms with van der Waals surface area (Å²) in [5, 5.41) is 19.5. The fourth-order valence-electron chi connectivity index (χ4n) is 1.13. The molecule has 0 saturated heterocycles. The summed E-state index contributed by atoms with van der Waals surface area (Å²) in [6, 6.07) is 0. The van der Waals surface area contributed by atoms with E-state index in [4.69, 9.17) is 0 Å². The summed E-state index contributed by atoms with van der Waals surface area (Å²) in [4.78, 5) is 0. The lowest BCUT2D eigenvalue weighted by atomic mass is 10.5. The van der Waals surface area contributed by atoms with E-state index >= 15 is 0 Å². The third kappa shape index (κ3) is 11.0. The summed E-state index contributed by atoms with van der Waals surface area (Å²) in [7, 11) is 14.9. The van der Waals surface area contributed by atoms with Crippen molar-refractivity contribution < 1.29 is 19.2 Å². The Morgan fingerprint density at radius 3 is 1.19 bits per heavy atom. The Labute approximate surface area is 107 Å². The molecule has 0 aliphatic rings. The molecule has 0 amide bonds. The van der Waals surface area contributed by atoms with Gasteiger partial charge in [-0.15, -0.1) is 0 Å². The Morgan fingerprint density at radius 2 is 1.00 bits per heavy atom. The first-order valence-electron chi connectivity index (χ1n) is 5.29. The summed E-state index contributed by atoms with van der Waals surface area (Å²) in [5.41, 5.74) is -0.876. The number of aliphatic hydroxyl groups is 2. The number of nitrogens with zero attached hydrogens (tertiary/aromatic N) is 2. The van der Waals surface area contributed by atoms with Gasteiger partial charge in [0.05, 0.1) is 42.3 Å². The summed E-state index contributed by atoms with van der Waals surface area (Å²) in [6.07, 6.45) is 0. The van der Waals surface area contributed by atoms with Gasteiger partial charge in [-0.2, -0.15) is 0 Å². The zero-order chi connectivity index (χ0) is 13.0. The lowest BCUT2D eigenvalue weighted by Crippen LogP contribution is -2.41. The van der Waals surface area contributed by atoms with Crippen LogP contribution in [0.1, 0.15) is 0 Å². The third-order valence-corrected chi connectivity index (χ3v) is 4.21. The van der Waals surface area contributed by atoms with Crippen molar-refractivity contribution in [1.82, 2.24) is 0 Å². The topological polar surface area (TPSA) is 40.5 Å². The molecule has 0 rings (SSSR count). The van der Waals surface area contributed by atoms with Crippen molar-refractivity contribution in [2.45, 2.75) is 10.9 Å². The van der Waals surface area contributed by atoms with Crippen molar-refractivity contribution in [3.63, 3.8) is 0 Å². The minimum atomic E-state index is -0.438. The number of rotatable bonds is 7. The maximum atomic E-state index is 9.74. The van der Waals surface area contributed by atoms with Crippen LogP contribution in [-0.4, -0.2) is 85.4 Å². The predicted octanol–water partition coefficient (Wildman–Crippen LogP) is 0.417. The predicted molar refractivity (Wildman–Crippen MR) is 73.0 cm³/mol. The smallest absolute Gasteiger partial charge is 0.158 e. The molecule has 0 aromatic carbocycles. The second-order valence-electron chi connectivity index (χ2n) is 6.05. The van der Waals surface area contributed by atoms with Gasteiger partial charge in [-0.25, -0.2) is 0 Å². The number of quaternary nitrogens is 2.